The molecule has 6 heteroatoms. The van der Waals surface area contributed by atoms with Crippen LogP contribution >= 0.6 is 23.2 Å². The number of carboxylic acids is 1. The molecule has 2 atom stereocenters. The number of nitrogens with zero attached hydrogens (tertiary/aromatic N) is 1. The van der Waals surface area contributed by atoms with E-state index in [0.29, 0.717) is 29.6 Å². The zero-order valence-corrected chi connectivity index (χ0v) is 13.2. The quantitative estimate of drug-likeness (QED) is 0.926. The molecular weight excluding hydrogens is 313 g/mol. The SMILES string of the molecule is CC1CN(C(=O)Cc2ccc(Cl)c(Cl)c2)CCC1C(=O)O. The lowest BCUT2D eigenvalue weighted by Crippen LogP contribution is -2.45. The second-order valence-electron chi connectivity index (χ2n) is 5.48. The highest BCUT2D eigenvalue weighted by Crippen LogP contribution is 2.25. The van der Waals surface area contributed by atoms with E-state index in [1.165, 1.54) is 0 Å². The number of benzene rings is 1. The summed E-state index contributed by atoms with van der Waals surface area (Å²) in [5.41, 5.74) is 0.808. The molecule has 114 valence electrons. The van der Waals surface area contributed by atoms with Gasteiger partial charge >= 0.3 is 5.97 Å². The number of carboxylic acid groups (broad SMARTS) is 1. The predicted molar refractivity (Wildman–Crippen MR) is 81.7 cm³/mol. The van der Waals surface area contributed by atoms with Gasteiger partial charge < -0.3 is 10.0 Å². The fourth-order valence-electron chi connectivity index (χ4n) is 2.68. The van der Waals surface area contributed by atoms with Crippen LogP contribution in [0.4, 0.5) is 0 Å². The van der Waals surface area contributed by atoms with E-state index in [1.54, 1.807) is 23.1 Å². The van der Waals surface area contributed by atoms with Crippen molar-refractivity contribution in [1.82, 2.24) is 4.90 Å². The van der Waals surface area contributed by atoms with E-state index >= 15 is 0 Å². The molecule has 1 aliphatic heterocycles. The summed E-state index contributed by atoms with van der Waals surface area (Å²) in [4.78, 5) is 25.1. The fourth-order valence-corrected chi connectivity index (χ4v) is 3.00. The molecule has 1 aliphatic rings. The predicted octanol–water partition coefficient (Wildman–Crippen LogP) is 3.11. The van der Waals surface area contributed by atoms with Gasteiger partial charge in [-0.15, -0.1) is 0 Å². The Balaban J connectivity index is 1.98. The summed E-state index contributed by atoms with van der Waals surface area (Å²) in [6, 6.07) is 5.14. The average molecular weight is 330 g/mol. The first kappa shape index (κ1) is 16.1. The molecule has 0 aromatic heterocycles. The van der Waals surface area contributed by atoms with Crippen LogP contribution in [0.25, 0.3) is 0 Å². The molecule has 1 saturated heterocycles. The van der Waals surface area contributed by atoms with Crippen molar-refractivity contribution in [2.45, 2.75) is 19.8 Å². The van der Waals surface area contributed by atoms with E-state index in [4.69, 9.17) is 28.3 Å². The van der Waals surface area contributed by atoms with E-state index in [2.05, 4.69) is 0 Å². The van der Waals surface area contributed by atoms with Crippen molar-refractivity contribution >= 4 is 35.1 Å². The smallest absolute Gasteiger partial charge is 0.306 e. The van der Waals surface area contributed by atoms with Crippen LogP contribution in [-0.4, -0.2) is 35.0 Å². The number of piperidine rings is 1. The molecule has 21 heavy (non-hydrogen) atoms. The number of hydrogen-bond acceptors (Lipinski definition) is 2. The summed E-state index contributed by atoms with van der Waals surface area (Å²) in [7, 11) is 0. The van der Waals surface area contributed by atoms with Crippen molar-refractivity contribution < 1.29 is 14.7 Å². The molecule has 2 rings (SSSR count). The van der Waals surface area contributed by atoms with Gasteiger partial charge in [-0.2, -0.15) is 0 Å². The van der Waals surface area contributed by atoms with Crippen molar-refractivity contribution in [3.05, 3.63) is 33.8 Å². The highest BCUT2D eigenvalue weighted by Gasteiger charge is 2.32. The summed E-state index contributed by atoms with van der Waals surface area (Å²) < 4.78 is 0. The fraction of sp³-hybridized carbons (Fsp3) is 0.467. The number of rotatable bonds is 3. The van der Waals surface area contributed by atoms with Gasteiger partial charge in [-0.3, -0.25) is 9.59 Å². The van der Waals surface area contributed by atoms with Crippen LogP contribution in [-0.2, 0) is 16.0 Å². The topological polar surface area (TPSA) is 57.6 Å². The first-order chi connectivity index (χ1) is 9.88. The Morgan fingerprint density at radius 1 is 1.33 bits per heavy atom. The van der Waals surface area contributed by atoms with Crippen LogP contribution < -0.4 is 0 Å². The van der Waals surface area contributed by atoms with Crippen LogP contribution in [0.1, 0.15) is 18.9 Å². The van der Waals surface area contributed by atoms with Crippen LogP contribution in [0, 0.1) is 11.8 Å². The lowest BCUT2D eigenvalue weighted by atomic mass is 9.87. The maximum Gasteiger partial charge on any atom is 0.306 e. The standard InChI is InChI=1S/C15H17Cl2NO3/c1-9-8-18(5-4-11(9)15(20)21)14(19)7-10-2-3-12(16)13(17)6-10/h2-3,6,9,11H,4-5,7-8H2,1H3,(H,20,21). The molecule has 2 unspecified atom stereocenters. The number of hydrogen-bond donors (Lipinski definition) is 1. The number of carbonyl (C=O) groups excluding carboxylic acids is 1. The average Bonchev–Trinajstić information content (AvgIpc) is 2.42. The zero-order valence-electron chi connectivity index (χ0n) is 11.7. The van der Waals surface area contributed by atoms with Gasteiger partial charge in [0.05, 0.1) is 22.4 Å². The van der Waals surface area contributed by atoms with Crippen LogP contribution in [0.2, 0.25) is 10.0 Å². The van der Waals surface area contributed by atoms with E-state index in [-0.39, 0.29) is 24.2 Å². The Kier molecular flexibility index (Phi) is 5.12. The maximum atomic E-state index is 12.3. The van der Waals surface area contributed by atoms with Crippen LogP contribution in [0.15, 0.2) is 18.2 Å². The van der Waals surface area contributed by atoms with E-state index in [9.17, 15) is 9.59 Å². The third-order valence-electron chi connectivity index (χ3n) is 3.91. The van der Waals surface area contributed by atoms with E-state index < -0.39 is 5.97 Å². The van der Waals surface area contributed by atoms with E-state index in [1.807, 2.05) is 6.92 Å². The Labute approximate surface area is 133 Å². The van der Waals surface area contributed by atoms with Gasteiger partial charge in [0.2, 0.25) is 5.91 Å². The highest BCUT2D eigenvalue weighted by atomic mass is 35.5. The molecule has 1 heterocycles. The third kappa shape index (κ3) is 3.89. The number of likely N-dealkylation sites (tertiary alicyclic amines) is 1. The lowest BCUT2D eigenvalue weighted by Gasteiger charge is -2.35. The first-order valence-electron chi connectivity index (χ1n) is 6.83. The molecule has 0 saturated carbocycles. The second kappa shape index (κ2) is 6.67. The van der Waals surface area contributed by atoms with Crippen LogP contribution in [0.5, 0.6) is 0 Å². The summed E-state index contributed by atoms with van der Waals surface area (Å²) in [5.74, 6) is -1.18. The largest absolute Gasteiger partial charge is 0.481 e. The van der Waals surface area contributed by atoms with Gasteiger partial charge in [-0.25, -0.2) is 0 Å². The Bertz CT molecular complexity index is 562. The minimum Gasteiger partial charge on any atom is -0.481 e. The summed E-state index contributed by atoms with van der Waals surface area (Å²) in [6.45, 7) is 2.84. The normalized spacial score (nSPS) is 22.1. The number of carbonyl (C=O) groups is 2. The molecule has 1 fully saturated rings. The van der Waals surface area contributed by atoms with Gasteiger partial charge in [0.15, 0.2) is 0 Å². The van der Waals surface area contributed by atoms with Crippen molar-refractivity contribution in [1.29, 1.82) is 0 Å². The maximum absolute atomic E-state index is 12.3. The van der Waals surface area contributed by atoms with Crippen molar-refractivity contribution in [2.75, 3.05) is 13.1 Å². The summed E-state index contributed by atoms with van der Waals surface area (Å²) in [5, 5.41) is 9.99. The van der Waals surface area contributed by atoms with E-state index in [0.717, 1.165) is 5.56 Å². The molecule has 1 aromatic carbocycles. The molecule has 4 nitrogen and oxygen atoms in total. The Morgan fingerprint density at radius 3 is 2.62 bits per heavy atom. The number of aliphatic carboxylic acids is 1. The third-order valence-corrected chi connectivity index (χ3v) is 4.65. The van der Waals surface area contributed by atoms with Gasteiger partial charge in [0.1, 0.15) is 0 Å². The number of amides is 1. The lowest BCUT2D eigenvalue weighted by molar-refractivity contribution is -0.148. The molecular formula is C15H17Cl2NO3. The van der Waals surface area contributed by atoms with Crippen molar-refractivity contribution in [3.8, 4) is 0 Å². The monoisotopic (exact) mass is 329 g/mol. The van der Waals surface area contributed by atoms with Gasteiger partial charge in [-0.1, -0.05) is 36.2 Å². The molecule has 1 aromatic rings. The first-order valence-corrected chi connectivity index (χ1v) is 7.58. The molecule has 0 spiro atoms. The van der Waals surface area contributed by atoms with Crippen molar-refractivity contribution in [2.24, 2.45) is 11.8 Å². The van der Waals surface area contributed by atoms with Gasteiger partial charge in [0, 0.05) is 13.1 Å². The molecule has 0 radical (unpaired) electrons. The van der Waals surface area contributed by atoms with Crippen molar-refractivity contribution in [3.63, 3.8) is 0 Å². The molecule has 1 N–H and O–H groups in total. The van der Waals surface area contributed by atoms with Gasteiger partial charge in [-0.05, 0) is 30.0 Å². The molecule has 0 aliphatic carbocycles. The number of halogens is 2. The van der Waals surface area contributed by atoms with Gasteiger partial charge in [0.25, 0.3) is 0 Å². The minimum atomic E-state index is -0.779. The highest BCUT2D eigenvalue weighted by molar-refractivity contribution is 6.42. The molecule has 1 amide bonds. The second-order valence-corrected chi connectivity index (χ2v) is 6.29. The Hall–Kier alpha value is -1.26. The minimum absolute atomic E-state index is 0.0101. The zero-order chi connectivity index (χ0) is 15.6. The summed E-state index contributed by atoms with van der Waals surface area (Å²) in [6.07, 6.45) is 0.755. The van der Waals surface area contributed by atoms with Crippen LogP contribution in [0.3, 0.4) is 0 Å². The Morgan fingerprint density at radius 2 is 2.05 bits per heavy atom. The summed E-state index contributed by atoms with van der Waals surface area (Å²) >= 11 is 11.8. The molecule has 0 bridgehead atoms.